The molecule has 39 heavy (non-hydrogen) atoms. The molecule has 0 bridgehead atoms. The Morgan fingerprint density at radius 3 is 2.03 bits per heavy atom. The van der Waals surface area contributed by atoms with E-state index < -0.39 is 30.5 Å². The lowest BCUT2D eigenvalue weighted by Crippen LogP contribution is -2.46. The third kappa shape index (κ3) is 7.63. The first-order valence-electron chi connectivity index (χ1n) is 11.7. The lowest BCUT2D eigenvalue weighted by Gasteiger charge is -2.19. The highest BCUT2D eigenvalue weighted by molar-refractivity contribution is 5.95. The molecule has 1 aromatic heterocycles. The summed E-state index contributed by atoms with van der Waals surface area (Å²) in [6.07, 6.45) is -5.36. The van der Waals surface area contributed by atoms with Crippen molar-refractivity contribution in [2.24, 2.45) is 10.7 Å². The van der Waals surface area contributed by atoms with Crippen LogP contribution in [0, 0.1) is 0 Å². The number of nitrogens with one attached hydrogen (secondary N) is 2. The molecule has 3 aromatic rings. The highest BCUT2D eigenvalue weighted by atomic mass is 19.4. The number of guanidine groups is 1. The quantitative estimate of drug-likeness (QED) is 0.133. The van der Waals surface area contributed by atoms with E-state index in [0.29, 0.717) is 29.9 Å². The van der Waals surface area contributed by atoms with E-state index in [-0.39, 0.29) is 24.7 Å². The molecule has 5 N–H and O–H groups in total. The van der Waals surface area contributed by atoms with Crippen LogP contribution in [-0.4, -0.2) is 59.2 Å². The van der Waals surface area contributed by atoms with Gasteiger partial charge in [0.1, 0.15) is 6.54 Å². The van der Waals surface area contributed by atoms with Crippen LogP contribution in [0.2, 0.25) is 0 Å². The molecule has 0 aliphatic heterocycles. The van der Waals surface area contributed by atoms with E-state index in [2.05, 4.69) is 10.3 Å². The first-order chi connectivity index (χ1) is 18.4. The van der Waals surface area contributed by atoms with Crippen molar-refractivity contribution in [1.82, 2.24) is 15.2 Å². The SMILES string of the molecule is N/C(=N\C(=O)Cn1c(-c2ccccc2)ccc1-c1ccc(C(=O)NCC(F)(F)C(F)(F)F)cc1)NCCCO. The Morgan fingerprint density at radius 1 is 0.872 bits per heavy atom. The Bertz CT molecular complexity index is 1310. The number of aliphatic imine (C=N–C) groups is 1. The van der Waals surface area contributed by atoms with Crippen LogP contribution in [0.5, 0.6) is 0 Å². The fourth-order valence-electron chi connectivity index (χ4n) is 3.58. The van der Waals surface area contributed by atoms with Gasteiger partial charge in [-0.3, -0.25) is 9.59 Å². The molecule has 0 spiro atoms. The van der Waals surface area contributed by atoms with Crippen molar-refractivity contribution in [3.8, 4) is 22.5 Å². The minimum Gasteiger partial charge on any atom is -0.396 e. The summed E-state index contributed by atoms with van der Waals surface area (Å²) >= 11 is 0. The van der Waals surface area contributed by atoms with E-state index in [1.165, 1.54) is 24.3 Å². The van der Waals surface area contributed by atoms with Gasteiger partial charge in [-0.05, 0) is 41.8 Å². The van der Waals surface area contributed by atoms with Gasteiger partial charge in [-0.1, -0.05) is 42.5 Å². The minimum absolute atomic E-state index is 0.0537. The maximum Gasteiger partial charge on any atom is 0.455 e. The molecule has 0 aliphatic carbocycles. The summed E-state index contributed by atoms with van der Waals surface area (Å²) in [6.45, 7) is -1.82. The zero-order valence-electron chi connectivity index (χ0n) is 20.5. The minimum atomic E-state index is -5.78. The molecule has 8 nitrogen and oxygen atoms in total. The first kappa shape index (κ1) is 29.3. The number of amides is 2. The van der Waals surface area contributed by atoms with Gasteiger partial charge in [0.25, 0.3) is 11.8 Å². The lowest BCUT2D eigenvalue weighted by molar-refractivity contribution is -0.278. The van der Waals surface area contributed by atoms with Gasteiger partial charge in [0, 0.05) is 30.1 Å². The zero-order chi connectivity index (χ0) is 28.6. The molecular weight excluding hydrogens is 525 g/mol. The number of carbonyl (C=O) groups excluding carboxylic acids is 2. The van der Waals surface area contributed by atoms with Crippen molar-refractivity contribution in [2.45, 2.75) is 25.1 Å². The van der Waals surface area contributed by atoms with Crippen LogP contribution >= 0.6 is 0 Å². The number of aliphatic hydroxyl groups excluding tert-OH is 1. The molecule has 0 atom stereocenters. The predicted octanol–water partition coefficient (Wildman–Crippen LogP) is 3.56. The molecule has 0 saturated heterocycles. The Hall–Kier alpha value is -4.26. The van der Waals surface area contributed by atoms with Crippen molar-refractivity contribution < 1.29 is 36.6 Å². The Labute approximate surface area is 220 Å². The molecule has 0 saturated carbocycles. The fourth-order valence-corrected chi connectivity index (χ4v) is 3.58. The van der Waals surface area contributed by atoms with Crippen LogP contribution in [0.3, 0.4) is 0 Å². The summed E-state index contributed by atoms with van der Waals surface area (Å²) in [5, 5.41) is 13.2. The summed E-state index contributed by atoms with van der Waals surface area (Å²) in [5.74, 6) is -6.83. The van der Waals surface area contributed by atoms with E-state index in [4.69, 9.17) is 10.8 Å². The average molecular weight is 552 g/mol. The number of rotatable bonds is 10. The number of nitrogens with two attached hydrogens (primary N) is 1. The second kappa shape index (κ2) is 12.5. The van der Waals surface area contributed by atoms with E-state index in [1.807, 2.05) is 30.3 Å². The van der Waals surface area contributed by atoms with E-state index in [9.17, 15) is 31.5 Å². The van der Waals surface area contributed by atoms with Crippen LogP contribution < -0.4 is 16.4 Å². The fraction of sp³-hybridized carbons (Fsp3) is 0.269. The number of aliphatic hydroxyl groups is 1. The Balaban J connectivity index is 1.85. The normalized spacial score (nSPS) is 12.3. The molecule has 0 radical (unpaired) electrons. The molecule has 1 heterocycles. The molecule has 0 fully saturated rings. The van der Waals surface area contributed by atoms with Crippen molar-refractivity contribution >= 4 is 17.8 Å². The van der Waals surface area contributed by atoms with Crippen LogP contribution in [0.15, 0.2) is 71.7 Å². The molecular formula is C26H26F5N5O3. The molecule has 0 aliphatic rings. The number of hydrogen-bond donors (Lipinski definition) is 4. The Morgan fingerprint density at radius 2 is 1.46 bits per heavy atom. The largest absolute Gasteiger partial charge is 0.455 e. The van der Waals surface area contributed by atoms with Crippen LogP contribution in [0.25, 0.3) is 22.5 Å². The van der Waals surface area contributed by atoms with Gasteiger partial charge in [-0.2, -0.15) is 26.9 Å². The number of hydrogen-bond acceptors (Lipinski definition) is 3. The van der Waals surface area contributed by atoms with E-state index in [0.717, 1.165) is 5.56 Å². The van der Waals surface area contributed by atoms with Crippen LogP contribution in [-0.2, 0) is 11.3 Å². The molecule has 2 aromatic carbocycles. The smallest absolute Gasteiger partial charge is 0.396 e. The maximum atomic E-state index is 13.1. The number of alkyl halides is 5. The number of halogens is 5. The topological polar surface area (TPSA) is 122 Å². The van der Waals surface area contributed by atoms with Crippen molar-refractivity contribution in [3.63, 3.8) is 0 Å². The second-order valence-corrected chi connectivity index (χ2v) is 8.41. The van der Waals surface area contributed by atoms with Gasteiger partial charge < -0.3 is 26.0 Å². The standard InChI is InChI=1S/C26H26F5N5O3/c27-25(28,26(29,30)31)16-34-23(39)19-9-7-18(8-10-19)21-12-11-20(17-5-2-1-3-6-17)36(21)15-22(38)35-24(32)33-13-4-14-37/h1-3,5-12,37H,4,13-16H2,(H,34,39)(H3,32,33,35,38). The van der Waals surface area contributed by atoms with Crippen molar-refractivity contribution in [2.75, 3.05) is 19.7 Å². The van der Waals surface area contributed by atoms with Crippen molar-refractivity contribution in [3.05, 3.63) is 72.3 Å². The summed E-state index contributed by atoms with van der Waals surface area (Å²) in [5.41, 5.74) is 8.20. The van der Waals surface area contributed by atoms with Crippen LogP contribution in [0.4, 0.5) is 22.0 Å². The number of carbonyl (C=O) groups is 2. The predicted molar refractivity (Wildman–Crippen MR) is 135 cm³/mol. The monoisotopic (exact) mass is 551 g/mol. The number of benzene rings is 2. The first-order valence-corrected chi connectivity index (χ1v) is 11.7. The van der Waals surface area contributed by atoms with Crippen LogP contribution in [0.1, 0.15) is 16.8 Å². The average Bonchev–Trinajstić information content (AvgIpc) is 3.30. The van der Waals surface area contributed by atoms with Gasteiger partial charge in [0.15, 0.2) is 5.96 Å². The van der Waals surface area contributed by atoms with Gasteiger partial charge in [-0.15, -0.1) is 0 Å². The lowest BCUT2D eigenvalue weighted by atomic mass is 10.1. The molecule has 13 heteroatoms. The number of aromatic nitrogens is 1. The number of nitrogens with zero attached hydrogens (tertiary/aromatic N) is 2. The van der Waals surface area contributed by atoms with Gasteiger partial charge in [0.2, 0.25) is 0 Å². The summed E-state index contributed by atoms with van der Waals surface area (Å²) < 4.78 is 65.1. The maximum absolute atomic E-state index is 13.1. The van der Waals surface area contributed by atoms with E-state index in [1.54, 1.807) is 22.0 Å². The summed E-state index contributed by atoms with van der Waals surface area (Å²) in [4.78, 5) is 28.7. The molecule has 3 rings (SSSR count). The molecule has 2 amide bonds. The zero-order valence-corrected chi connectivity index (χ0v) is 20.5. The third-order valence-corrected chi connectivity index (χ3v) is 5.56. The summed E-state index contributed by atoms with van der Waals surface area (Å²) in [6, 6.07) is 18.2. The summed E-state index contributed by atoms with van der Waals surface area (Å²) in [7, 11) is 0. The highest BCUT2D eigenvalue weighted by Crippen LogP contribution is 2.35. The molecule has 208 valence electrons. The van der Waals surface area contributed by atoms with Gasteiger partial charge >= 0.3 is 12.1 Å². The van der Waals surface area contributed by atoms with Crippen molar-refractivity contribution in [1.29, 1.82) is 0 Å². The molecule has 0 unspecified atom stereocenters. The highest BCUT2D eigenvalue weighted by Gasteiger charge is 2.57. The van der Waals surface area contributed by atoms with E-state index >= 15 is 0 Å². The van der Waals surface area contributed by atoms with Gasteiger partial charge in [-0.25, -0.2) is 0 Å². The third-order valence-electron chi connectivity index (χ3n) is 5.56. The van der Waals surface area contributed by atoms with Gasteiger partial charge in [0.05, 0.1) is 6.54 Å². The second-order valence-electron chi connectivity index (χ2n) is 8.41. The Kier molecular flexibility index (Phi) is 9.41.